The largest absolute Gasteiger partial charge is 0.486 e. The summed E-state index contributed by atoms with van der Waals surface area (Å²) in [5, 5.41) is 0. The van der Waals surface area contributed by atoms with Crippen LogP contribution in [0.25, 0.3) is 4.85 Å². The molecule has 0 spiro atoms. The maximum atomic E-state index is 13.0. The van der Waals surface area contributed by atoms with Gasteiger partial charge in [-0.1, -0.05) is 12.1 Å². The van der Waals surface area contributed by atoms with E-state index in [1.165, 1.54) is 0 Å². The first-order chi connectivity index (χ1) is 15.3. The molecule has 170 valence electrons. The summed E-state index contributed by atoms with van der Waals surface area (Å²) in [4.78, 5) is 25.0. The average molecular weight is 448 g/mol. The third-order valence-corrected chi connectivity index (χ3v) is 5.14. The zero-order valence-corrected chi connectivity index (χ0v) is 17.5. The van der Waals surface area contributed by atoms with Crippen molar-refractivity contribution in [2.75, 3.05) is 37.7 Å². The van der Waals surface area contributed by atoms with E-state index < -0.39 is 17.8 Å². The van der Waals surface area contributed by atoms with Crippen LogP contribution in [0.5, 0.6) is 5.75 Å². The molecule has 0 bridgehead atoms. The van der Waals surface area contributed by atoms with Crippen LogP contribution in [0.3, 0.4) is 0 Å². The molecule has 1 aromatic heterocycles. The highest BCUT2D eigenvalue weighted by Crippen LogP contribution is 2.33. The molecule has 0 aliphatic carbocycles. The van der Waals surface area contributed by atoms with E-state index >= 15 is 0 Å². The van der Waals surface area contributed by atoms with Crippen molar-refractivity contribution in [3.8, 4) is 5.75 Å². The second-order valence-corrected chi connectivity index (χ2v) is 7.34. The van der Waals surface area contributed by atoms with Gasteiger partial charge in [-0.3, -0.25) is 4.79 Å². The lowest BCUT2D eigenvalue weighted by Gasteiger charge is -2.17. The van der Waals surface area contributed by atoms with Gasteiger partial charge in [0.2, 0.25) is 12.5 Å². The third kappa shape index (κ3) is 5.87. The Balaban J connectivity index is 1.75. The fourth-order valence-electron chi connectivity index (χ4n) is 3.65. The maximum Gasteiger partial charge on any atom is 0.433 e. The van der Waals surface area contributed by atoms with Gasteiger partial charge in [0, 0.05) is 19.3 Å². The van der Waals surface area contributed by atoms with Crippen molar-refractivity contribution in [1.29, 1.82) is 0 Å². The summed E-state index contributed by atoms with van der Waals surface area (Å²) in [6.45, 7) is 9.80. The van der Waals surface area contributed by atoms with Gasteiger partial charge in [-0.25, -0.2) is 16.5 Å². The lowest BCUT2D eigenvalue weighted by atomic mass is 9.90. The van der Waals surface area contributed by atoms with Gasteiger partial charge in [0.15, 0.2) is 6.61 Å². The van der Waals surface area contributed by atoms with Gasteiger partial charge in [-0.2, -0.15) is 13.2 Å². The minimum absolute atomic E-state index is 0.0554. The number of carbonyl (C=O) groups excluding carboxylic acids is 1. The molecule has 1 aliphatic heterocycles. The Morgan fingerprint density at radius 1 is 1.25 bits per heavy atom. The number of benzene rings is 1. The summed E-state index contributed by atoms with van der Waals surface area (Å²) in [7, 11) is 0. The van der Waals surface area contributed by atoms with Gasteiger partial charge in [0.1, 0.15) is 11.4 Å². The lowest BCUT2D eigenvalue weighted by Crippen LogP contribution is -2.27. The first-order valence-electron chi connectivity index (χ1n) is 10.2. The summed E-state index contributed by atoms with van der Waals surface area (Å²) in [5.41, 5.74) is -0.0684. The zero-order chi connectivity index (χ0) is 23.1. The summed E-state index contributed by atoms with van der Waals surface area (Å²) in [6.07, 6.45) is -2.97. The van der Waals surface area contributed by atoms with E-state index in [1.807, 2.05) is 12.1 Å². The maximum absolute atomic E-state index is 13.0. The normalized spacial score (nSPS) is 18.3. The standard InChI is InChI=1S/C22H23F3N4O3/c1-3-31-20(30)18-14-29(21-27-9-8-19(28-21)22(23,24)25)13-16(18)12-15-4-6-17(7-5-15)32-11-10-26-2/h4-9,16,18H,3,10-14H2,1H3/t16-,18+/m1/s1. The Labute approximate surface area is 184 Å². The van der Waals surface area contributed by atoms with Crippen LogP contribution < -0.4 is 9.64 Å². The second-order valence-electron chi connectivity index (χ2n) is 7.34. The lowest BCUT2D eigenvalue weighted by molar-refractivity contribution is -0.148. The van der Waals surface area contributed by atoms with E-state index in [9.17, 15) is 18.0 Å². The molecule has 0 unspecified atom stereocenters. The van der Waals surface area contributed by atoms with Crippen molar-refractivity contribution in [2.45, 2.75) is 19.5 Å². The fraction of sp³-hybridized carbons (Fsp3) is 0.455. The van der Waals surface area contributed by atoms with Gasteiger partial charge in [-0.15, -0.1) is 0 Å². The topological polar surface area (TPSA) is 68.9 Å². The molecule has 2 atom stereocenters. The summed E-state index contributed by atoms with van der Waals surface area (Å²) in [5.74, 6) is -0.486. The first-order valence-corrected chi connectivity index (χ1v) is 10.2. The van der Waals surface area contributed by atoms with Crippen LogP contribution in [0.2, 0.25) is 0 Å². The van der Waals surface area contributed by atoms with Gasteiger partial charge in [-0.05, 0) is 43.0 Å². The number of halogens is 3. The van der Waals surface area contributed by atoms with Crippen LogP contribution in [-0.2, 0) is 22.1 Å². The molecule has 0 N–H and O–H groups in total. The molecule has 0 radical (unpaired) electrons. The van der Waals surface area contributed by atoms with E-state index in [4.69, 9.17) is 16.0 Å². The Hall–Kier alpha value is -3.35. The molecule has 1 aliphatic rings. The van der Waals surface area contributed by atoms with E-state index in [-0.39, 0.29) is 37.5 Å². The van der Waals surface area contributed by atoms with Crippen molar-refractivity contribution in [2.24, 2.45) is 11.8 Å². The van der Waals surface area contributed by atoms with Gasteiger partial charge < -0.3 is 19.2 Å². The predicted octanol–water partition coefficient (Wildman–Crippen LogP) is 3.65. The number of hydrogen-bond acceptors (Lipinski definition) is 6. The number of hydrogen-bond donors (Lipinski definition) is 0. The predicted molar refractivity (Wildman–Crippen MR) is 110 cm³/mol. The molecule has 32 heavy (non-hydrogen) atoms. The number of nitrogens with zero attached hydrogens (tertiary/aromatic N) is 4. The van der Waals surface area contributed by atoms with Crippen molar-refractivity contribution in [3.63, 3.8) is 0 Å². The van der Waals surface area contributed by atoms with Crippen LogP contribution in [0.4, 0.5) is 19.1 Å². The monoisotopic (exact) mass is 448 g/mol. The molecular formula is C22H23F3N4O3. The smallest absolute Gasteiger partial charge is 0.433 e. The zero-order valence-electron chi connectivity index (χ0n) is 17.5. The van der Waals surface area contributed by atoms with Crippen LogP contribution in [0, 0.1) is 18.4 Å². The second kappa shape index (κ2) is 10.3. The molecule has 1 fully saturated rings. The first kappa shape index (κ1) is 23.3. The highest BCUT2D eigenvalue weighted by molar-refractivity contribution is 5.74. The Morgan fingerprint density at radius 2 is 2.00 bits per heavy atom. The molecule has 0 saturated carbocycles. The van der Waals surface area contributed by atoms with Crippen molar-refractivity contribution < 1.29 is 27.4 Å². The van der Waals surface area contributed by atoms with E-state index in [0.717, 1.165) is 17.8 Å². The minimum Gasteiger partial charge on any atom is -0.486 e. The number of ether oxygens (including phenoxy) is 2. The van der Waals surface area contributed by atoms with Gasteiger partial charge >= 0.3 is 12.1 Å². The summed E-state index contributed by atoms with van der Waals surface area (Å²) < 4.78 is 49.8. The van der Waals surface area contributed by atoms with Gasteiger partial charge in [0.25, 0.3) is 0 Å². The van der Waals surface area contributed by atoms with Crippen molar-refractivity contribution in [1.82, 2.24) is 9.97 Å². The van der Waals surface area contributed by atoms with Crippen molar-refractivity contribution in [3.05, 3.63) is 59.2 Å². The minimum atomic E-state index is -4.57. The van der Waals surface area contributed by atoms with Gasteiger partial charge in [0.05, 0.1) is 12.5 Å². The molecule has 3 rings (SSSR count). The average Bonchev–Trinajstić information content (AvgIpc) is 3.19. The molecule has 2 heterocycles. The third-order valence-electron chi connectivity index (χ3n) is 5.14. The molecule has 7 nitrogen and oxygen atoms in total. The van der Waals surface area contributed by atoms with E-state index in [2.05, 4.69) is 14.8 Å². The fourth-order valence-corrected chi connectivity index (χ4v) is 3.65. The van der Waals surface area contributed by atoms with E-state index in [1.54, 1.807) is 24.0 Å². The van der Waals surface area contributed by atoms with Crippen LogP contribution in [0.1, 0.15) is 18.2 Å². The Bertz CT molecular complexity index is 960. The number of esters is 1. The Morgan fingerprint density at radius 3 is 2.66 bits per heavy atom. The molecule has 1 aromatic carbocycles. The van der Waals surface area contributed by atoms with Crippen LogP contribution in [0.15, 0.2) is 36.5 Å². The van der Waals surface area contributed by atoms with E-state index in [0.29, 0.717) is 25.3 Å². The summed E-state index contributed by atoms with van der Waals surface area (Å²) >= 11 is 0. The quantitative estimate of drug-likeness (QED) is 0.349. The SMILES string of the molecule is [C-]#[N+]CCOc1ccc(C[C@@H]2CN(c3nccc(C(F)(F)F)n3)C[C@@H]2C(=O)OCC)cc1. The number of anilines is 1. The number of carbonyl (C=O) groups is 1. The Kier molecular flexibility index (Phi) is 7.51. The number of aromatic nitrogens is 2. The van der Waals surface area contributed by atoms with Crippen LogP contribution in [-0.4, -0.2) is 48.8 Å². The summed E-state index contributed by atoms with van der Waals surface area (Å²) in [6, 6.07) is 8.15. The number of rotatable bonds is 8. The van der Waals surface area contributed by atoms with Crippen LogP contribution >= 0.6 is 0 Å². The highest BCUT2D eigenvalue weighted by Gasteiger charge is 2.40. The molecule has 2 aromatic rings. The highest BCUT2D eigenvalue weighted by atomic mass is 19.4. The molecule has 10 heteroatoms. The number of alkyl halides is 3. The molecular weight excluding hydrogens is 425 g/mol. The molecule has 0 amide bonds. The van der Waals surface area contributed by atoms with Crippen molar-refractivity contribution >= 4 is 11.9 Å². The molecule has 1 saturated heterocycles.